The minimum atomic E-state index is -0.363. The van der Waals surface area contributed by atoms with Crippen LogP contribution in [0.3, 0.4) is 0 Å². The Hall–Kier alpha value is -10.2. The number of piperazine rings is 1. The van der Waals surface area contributed by atoms with E-state index in [1.807, 2.05) is 93.0 Å². The van der Waals surface area contributed by atoms with E-state index in [0.717, 1.165) is 123 Å². The highest BCUT2D eigenvalue weighted by Crippen LogP contribution is 2.42. The highest BCUT2D eigenvalue weighted by Gasteiger charge is 2.32. The van der Waals surface area contributed by atoms with Gasteiger partial charge in [-0.25, -0.2) is 29.9 Å². The van der Waals surface area contributed by atoms with E-state index >= 15 is 0 Å². The predicted octanol–water partition coefficient (Wildman–Crippen LogP) is 7.07. The van der Waals surface area contributed by atoms with Crippen molar-refractivity contribution in [3.8, 4) is 0 Å². The lowest BCUT2D eigenvalue weighted by Crippen LogP contribution is -2.54. The molecule has 0 saturated carbocycles. The molecule has 12 aromatic rings. The molecule has 3 fully saturated rings. The van der Waals surface area contributed by atoms with Gasteiger partial charge in [0.25, 0.3) is 17.7 Å². The Kier molecular flexibility index (Phi) is 15.8. The van der Waals surface area contributed by atoms with Crippen LogP contribution in [-0.2, 0) is 6.54 Å². The first kappa shape index (κ1) is 61.0. The number of benzene rings is 3. The van der Waals surface area contributed by atoms with Crippen molar-refractivity contribution in [2.24, 2.45) is 0 Å². The predicted molar refractivity (Wildman–Crippen MR) is 378 cm³/mol. The molecule has 3 aliphatic heterocycles. The van der Waals surface area contributed by atoms with Gasteiger partial charge in [-0.1, -0.05) is 18.2 Å². The van der Waals surface area contributed by atoms with Crippen LogP contribution in [0.1, 0.15) is 63.3 Å². The maximum Gasteiger partial charge on any atom is 0.256 e. The number of fused-ring (bicyclic) bond motifs is 15. The molecule has 488 valence electrons. The summed E-state index contributed by atoms with van der Waals surface area (Å²) in [7, 11) is 11.2. The molecule has 12 heterocycles. The second-order valence-electron chi connectivity index (χ2n) is 25.7. The van der Waals surface area contributed by atoms with Gasteiger partial charge in [0.1, 0.15) is 34.1 Å². The summed E-state index contributed by atoms with van der Waals surface area (Å²) in [5.41, 5.74) is 11.7. The molecule has 0 spiro atoms. The molecule has 0 bridgehead atoms. The van der Waals surface area contributed by atoms with Crippen LogP contribution >= 0.6 is 0 Å². The van der Waals surface area contributed by atoms with Gasteiger partial charge in [0.15, 0.2) is 33.9 Å². The number of carbonyl (C=O) groups is 3. The van der Waals surface area contributed by atoms with E-state index in [1.54, 1.807) is 21.1 Å². The fraction of sp³-hybridized carbons (Fsp3) is 0.357. The Morgan fingerprint density at radius 2 is 1.04 bits per heavy atom. The summed E-state index contributed by atoms with van der Waals surface area (Å²) in [6.07, 6.45) is 1.99. The average Bonchev–Trinajstić information content (AvgIpc) is 1.65. The number of aliphatic hydroxyl groups is 1. The summed E-state index contributed by atoms with van der Waals surface area (Å²) < 4.78 is 5.98. The Morgan fingerprint density at radius 1 is 0.526 bits per heavy atom. The molecule has 25 heteroatoms. The molecular weight excluding hydrogens is 1200 g/mol. The van der Waals surface area contributed by atoms with Gasteiger partial charge in [0, 0.05) is 128 Å². The number of aliphatic hydroxyl groups excluding tert-OH is 1. The fourth-order valence-corrected chi connectivity index (χ4v) is 14.7. The largest absolute Gasteiger partial charge is 0.395 e. The fourth-order valence-electron chi connectivity index (χ4n) is 14.7. The number of carbonyl (C=O) groups excluding carboxylic acids is 3. The number of nitrogens with zero attached hydrogens (tertiary/aromatic N) is 15. The zero-order valence-corrected chi connectivity index (χ0v) is 54.9. The summed E-state index contributed by atoms with van der Waals surface area (Å²) in [5.74, 6) is 1.48. The monoisotopic (exact) mass is 1280 g/mol. The molecule has 25 nitrogen and oxygen atoms in total. The number of hydrogen-bond donors (Lipinski definition) is 7. The lowest BCUT2D eigenvalue weighted by Gasteiger charge is -2.37. The zero-order chi connectivity index (χ0) is 65.5. The van der Waals surface area contributed by atoms with Crippen LogP contribution in [0, 0.1) is 0 Å². The smallest absolute Gasteiger partial charge is 0.256 e. The summed E-state index contributed by atoms with van der Waals surface area (Å²) >= 11 is 0. The number of para-hydroxylation sites is 2. The van der Waals surface area contributed by atoms with E-state index in [2.05, 4.69) is 114 Å². The zero-order valence-electron chi connectivity index (χ0n) is 54.9. The van der Waals surface area contributed by atoms with Gasteiger partial charge in [-0.05, 0) is 138 Å². The number of likely N-dealkylation sites (N-methyl/N-ethyl adjacent to an activating group) is 2. The molecule has 3 aliphatic rings. The standard InChI is InChI=1S/C70H79N21O4/c1-40-37-88(38-41(2)75-40)55-23-17-44-59(74-25-34-92)56(68(93)71-3)65-78-48-20-16-43(36-52(48)91(65)62(44)82-55)76-60-45-18-22-53(86-28-11-26-83(6)30-32-86)80-63(45)90-51-21-15-42(35-49(51)79-66(90)57(60)69(94)72-4)39-85(8)61-46-19-24-54(87-29-12-27-84(7)31-33-87)81-64(46)89-50-14-10-9-13-47(50)77-67(89)58(61)70(95)73-5/h9-10,13-24,35-36,40-41,74-76,92H,11-12,25-34,37-39H2,1-8H3,(H,71,93)(H,72,94)(H,73,95)/t40-,41+. The summed E-state index contributed by atoms with van der Waals surface area (Å²) in [4.78, 5) is 89.5. The number of aromatic nitrogens is 9. The van der Waals surface area contributed by atoms with E-state index in [4.69, 9.17) is 29.9 Å². The third-order valence-electron chi connectivity index (χ3n) is 19.2. The highest BCUT2D eigenvalue weighted by molar-refractivity contribution is 6.17. The lowest BCUT2D eigenvalue weighted by molar-refractivity contribution is 0.0956. The first-order valence-electron chi connectivity index (χ1n) is 32.9. The van der Waals surface area contributed by atoms with Gasteiger partial charge >= 0.3 is 0 Å². The number of amides is 3. The van der Waals surface area contributed by atoms with Crippen molar-refractivity contribution >= 4 is 141 Å². The van der Waals surface area contributed by atoms with E-state index in [0.29, 0.717) is 107 Å². The Balaban J connectivity index is 0.892. The number of pyridine rings is 6. The van der Waals surface area contributed by atoms with E-state index in [-0.39, 0.29) is 43.0 Å². The van der Waals surface area contributed by atoms with Crippen LogP contribution in [0.4, 0.5) is 40.2 Å². The number of imidazole rings is 3. The molecule has 2 atom stereocenters. The topological polar surface area (TPSA) is 254 Å². The number of anilines is 7. The maximum absolute atomic E-state index is 15.0. The molecule has 3 saturated heterocycles. The Labute approximate surface area is 548 Å². The molecule has 15 rings (SSSR count). The van der Waals surface area contributed by atoms with Crippen molar-refractivity contribution in [2.75, 3.05) is 151 Å². The third kappa shape index (κ3) is 10.6. The molecule has 0 unspecified atom stereocenters. The second kappa shape index (κ2) is 24.6. The quantitative estimate of drug-likeness (QED) is 0.0575. The van der Waals surface area contributed by atoms with Crippen LogP contribution in [0.25, 0.3) is 83.1 Å². The van der Waals surface area contributed by atoms with E-state index in [9.17, 15) is 19.5 Å². The second-order valence-corrected chi connectivity index (χ2v) is 25.7. The van der Waals surface area contributed by atoms with Gasteiger partial charge in [-0.2, -0.15) is 0 Å². The maximum atomic E-state index is 15.0. The van der Waals surface area contributed by atoms with Crippen molar-refractivity contribution < 1.29 is 19.5 Å². The molecule has 95 heavy (non-hydrogen) atoms. The van der Waals surface area contributed by atoms with Crippen molar-refractivity contribution in [3.63, 3.8) is 0 Å². The van der Waals surface area contributed by atoms with Gasteiger partial charge in [-0.3, -0.25) is 27.6 Å². The number of hydrogen-bond acceptors (Lipinski definition) is 19. The van der Waals surface area contributed by atoms with Crippen molar-refractivity contribution in [1.29, 1.82) is 0 Å². The van der Waals surface area contributed by atoms with Gasteiger partial charge in [0.2, 0.25) is 0 Å². The molecule has 7 N–H and O–H groups in total. The Bertz CT molecular complexity index is 5070. The van der Waals surface area contributed by atoms with E-state index in [1.165, 1.54) is 0 Å². The van der Waals surface area contributed by atoms with Crippen molar-refractivity contribution in [3.05, 3.63) is 119 Å². The Morgan fingerprint density at radius 3 is 1.66 bits per heavy atom. The van der Waals surface area contributed by atoms with Crippen molar-refractivity contribution in [1.82, 2.24) is 74.2 Å². The first-order chi connectivity index (χ1) is 46.2. The third-order valence-corrected chi connectivity index (χ3v) is 19.2. The van der Waals surface area contributed by atoms with E-state index < -0.39 is 0 Å². The molecular formula is C70H79N21O4. The average molecular weight is 1280 g/mol. The summed E-state index contributed by atoms with van der Waals surface area (Å²) in [6.45, 7) is 13.3. The van der Waals surface area contributed by atoms with Gasteiger partial charge < -0.3 is 66.4 Å². The van der Waals surface area contributed by atoms with Crippen LogP contribution in [-0.4, -0.2) is 209 Å². The van der Waals surface area contributed by atoms with Crippen LogP contribution in [0.5, 0.6) is 0 Å². The van der Waals surface area contributed by atoms with Gasteiger partial charge in [0.05, 0.1) is 56.8 Å². The summed E-state index contributed by atoms with van der Waals surface area (Å²) in [6, 6.07) is 32.6. The van der Waals surface area contributed by atoms with Crippen LogP contribution in [0.2, 0.25) is 0 Å². The molecule has 9 aromatic heterocycles. The molecule has 0 aliphatic carbocycles. The lowest BCUT2D eigenvalue weighted by atomic mass is 10.1. The first-order valence-corrected chi connectivity index (χ1v) is 32.9. The molecule has 0 radical (unpaired) electrons. The molecule has 3 amide bonds. The minimum Gasteiger partial charge on any atom is -0.395 e. The molecule has 3 aromatic carbocycles. The minimum absolute atomic E-state index is 0.160. The van der Waals surface area contributed by atoms with Gasteiger partial charge in [-0.15, -0.1) is 0 Å². The SMILES string of the molecule is CNC(=O)c1c(NCCO)c2ccc(N3C[C@@H](C)N[C@@H](C)C3)nc2n2c1nc1ccc(Nc3c(C(=O)NC)c4nc5cc(CN(C)c6c(C(=O)NC)c7nc8ccccc8n7c7nc(N8CCCN(C)CC8)ccc67)ccc5n4c4nc(N5CCCN(C)CC5)ccc34)cc12. The van der Waals surface area contributed by atoms with Crippen molar-refractivity contribution in [2.45, 2.75) is 45.3 Å². The van der Waals surface area contributed by atoms with Crippen LogP contribution < -0.4 is 51.5 Å². The number of nitrogens with one attached hydrogen (secondary N) is 6. The normalized spacial score (nSPS) is 17.1. The van der Waals surface area contributed by atoms with Crippen LogP contribution in [0.15, 0.2) is 97.1 Å². The summed E-state index contributed by atoms with van der Waals surface area (Å²) in [5, 5.41) is 31.7. The highest BCUT2D eigenvalue weighted by atomic mass is 16.3. The number of rotatable bonds is 14.